The molecule has 0 aromatic heterocycles. The van der Waals surface area contributed by atoms with Crippen molar-refractivity contribution in [2.75, 3.05) is 0 Å². The molecule has 2 N–H and O–H groups in total. The molecule has 2 aliphatic rings. The number of amides is 4. The fourth-order valence-electron chi connectivity index (χ4n) is 9.13. The zero-order valence-electron chi connectivity index (χ0n) is 30.2. The van der Waals surface area contributed by atoms with Crippen LogP contribution in [-0.2, 0) is 12.8 Å². The molecule has 6 heteroatoms. The van der Waals surface area contributed by atoms with Gasteiger partial charge in [0.25, 0.3) is 23.6 Å². The number of imide groups is 2. The number of aryl methyl sites for hydroxylation is 2. The Labute approximate surface area is 295 Å². The fraction of sp³-hybridized carbons (Fsp3) is 0.455. The maximum Gasteiger partial charge on any atom is 0.258 e. The van der Waals surface area contributed by atoms with Gasteiger partial charge < -0.3 is 0 Å². The van der Waals surface area contributed by atoms with Crippen LogP contribution in [0.3, 0.4) is 0 Å². The monoisotopic (exact) mass is 670 g/mol. The summed E-state index contributed by atoms with van der Waals surface area (Å²) in [5.41, 5.74) is 4.32. The molecule has 0 aliphatic carbocycles. The van der Waals surface area contributed by atoms with Crippen LogP contribution in [0.2, 0.25) is 0 Å². The van der Waals surface area contributed by atoms with E-state index in [0.717, 1.165) is 94.8 Å². The number of rotatable bonds is 16. The summed E-state index contributed by atoms with van der Waals surface area (Å²) in [6, 6.07) is 11.8. The van der Waals surface area contributed by atoms with Gasteiger partial charge in [0, 0.05) is 33.0 Å². The predicted molar refractivity (Wildman–Crippen MR) is 204 cm³/mol. The van der Waals surface area contributed by atoms with Gasteiger partial charge in [0.1, 0.15) is 0 Å². The third-order valence-corrected chi connectivity index (χ3v) is 11.9. The van der Waals surface area contributed by atoms with Gasteiger partial charge >= 0.3 is 0 Å². The molecule has 0 bridgehead atoms. The third-order valence-electron chi connectivity index (χ3n) is 11.9. The molecule has 7 rings (SSSR count). The molecule has 0 radical (unpaired) electrons. The predicted octanol–water partition coefficient (Wildman–Crippen LogP) is 10.6. The van der Waals surface area contributed by atoms with Crippen LogP contribution in [0, 0.1) is 11.8 Å². The molecule has 0 saturated heterocycles. The van der Waals surface area contributed by atoms with Crippen molar-refractivity contribution in [3.8, 4) is 0 Å². The summed E-state index contributed by atoms with van der Waals surface area (Å²) < 4.78 is 0. The summed E-state index contributed by atoms with van der Waals surface area (Å²) in [5.74, 6) is -0.101. The highest BCUT2D eigenvalue weighted by Crippen LogP contribution is 2.48. The zero-order chi connectivity index (χ0) is 35.1. The first-order valence-corrected chi connectivity index (χ1v) is 19.3. The van der Waals surface area contributed by atoms with E-state index in [9.17, 15) is 19.2 Å². The first-order valence-electron chi connectivity index (χ1n) is 19.3. The summed E-state index contributed by atoms with van der Waals surface area (Å²) in [7, 11) is 0. The van der Waals surface area contributed by atoms with Crippen molar-refractivity contribution in [3.63, 3.8) is 0 Å². The first-order chi connectivity index (χ1) is 24.3. The summed E-state index contributed by atoms with van der Waals surface area (Å²) in [5, 5.41) is 12.6. The largest absolute Gasteiger partial charge is 0.288 e. The molecule has 5 aromatic rings. The minimum absolute atomic E-state index is 0.349. The van der Waals surface area contributed by atoms with Crippen LogP contribution in [0.1, 0.15) is 157 Å². The lowest BCUT2D eigenvalue weighted by Crippen LogP contribution is -2.35. The Bertz CT molecular complexity index is 2010. The van der Waals surface area contributed by atoms with Gasteiger partial charge in [-0.25, -0.2) is 0 Å². The Morgan fingerprint density at radius 2 is 0.840 bits per heavy atom. The lowest BCUT2D eigenvalue weighted by Gasteiger charge is -2.27. The minimum Gasteiger partial charge on any atom is -0.288 e. The van der Waals surface area contributed by atoms with E-state index >= 15 is 0 Å². The SMILES string of the molecule is CCCCC(CC)CCCc1cc2c3c(ccc4c5c(CCCC(CC)CCCC)cc6c7c(ccc(c1c34)c75)C(=O)NC6=O)C(=O)NC2=O. The molecular weight excluding hydrogens is 620 g/mol. The van der Waals surface area contributed by atoms with Crippen molar-refractivity contribution in [2.24, 2.45) is 11.8 Å². The highest BCUT2D eigenvalue weighted by atomic mass is 16.2. The van der Waals surface area contributed by atoms with E-state index in [0.29, 0.717) is 44.9 Å². The maximum atomic E-state index is 13.5. The summed E-state index contributed by atoms with van der Waals surface area (Å²) in [6.45, 7) is 9.04. The zero-order valence-corrected chi connectivity index (χ0v) is 30.2. The van der Waals surface area contributed by atoms with E-state index in [2.05, 4.69) is 38.3 Å². The van der Waals surface area contributed by atoms with E-state index in [1.807, 2.05) is 36.4 Å². The second kappa shape index (κ2) is 14.1. The molecule has 2 aliphatic heterocycles. The Morgan fingerprint density at radius 1 is 0.460 bits per heavy atom. The minimum atomic E-state index is -0.370. The van der Waals surface area contributed by atoms with Crippen LogP contribution < -0.4 is 10.6 Å². The van der Waals surface area contributed by atoms with Crippen molar-refractivity contribution in [2.45, 2.75) is 118 Å². The van der Waals surface area contributed by atoms with Gasteiger partial charge in [-0.2, -0.15) is 0 Å². The van der Waals surface area contributed by atoms with E-state index in [1.54, 1.807) is 0 Å². The number of fused-ring (bicyclic) bond motifs is 2. The average molecular weight is 671 g/mol. The number of hydrogen-bond acceptors (Lipinski definition) is 4. The van der Waals surface area contributed by atoms with Gasteiger partial charge in [0.2, 0.25) is 0 Å². The first kappa shape index (κ1) is 34.1. The van der Waals surface area contributed by atoms with Gasteiger partial charge in [0.15, 0.2) is 0 Å². The lowest BCUT2D eigenvalue weighted by molar-refractivity contribution is 0.0828. The third kappa shape index (κ3) is 5.75. The van der Waals surface area contributed by atoms with E-state index in [1.165, 1.54) is 38.5 Å². The summed E-state index contributed by atoms with van der Waals surface area (Å²) >= 11 is 0. The van der Waals surface area contributed by atoms with E-state index < -0.39 is 0 Å². The van der Waals surface area contributed by atoms with Crippen molar-refractivity contribution in [1.29, 1.82) is 0 Å². The lowest BCUT2D eigenvalue weighted by atomic mass is 9.78. The average Bonchev–Trinajstić information content (AvgIpc) is 3.12. The summed E-state index contributed by atoms with van der Waals surface area (Å²) in [4.78, 5) is 53.6. The topological polar surface area (TPSA) is 92.3 Å². The standard InChI is InChI=1S/C44H50N2O4/c1-5-9-13-25(7-3)15-11-17-27-23-33-37-31(41(47)45-43(33)49)22-20-30-36-28(18-12-16-26(8-4)14-10-6-2)24-34-38-32(42(48)46-44(34)50)21-19-29(40(36)38)35(27)39(30)37/h19-26H,5-18H2,1-4H3,(H,45,47,49)(H,46,48,50). The Hall–Kier alpha value is -4.32. The van der Waals surface area contributed by atoms with Crippen LogP contribution in [0.5, 0.6) is 0 Å². The second-order valence-electron chi connectivity index (χ2n) is 14.9. The van der Waals surface area contributed by atoms with Crippen LogP contribution in [0.25, 0.3) is 43.1 Å². The van der Waals surface area contributed by atoms with Crippen LogP contribution >= 0.6 is 0 Å². The molecule has 6 nitrogen and oxygen atoms in total. The normalized spacial score (nSPS) is 15.4. The van der Waals surface area contributed by atoms with E-state index in [-0.39, 0.29) is 23.6 Å². The van der Waals surface area contributed by atoms with Gasteiger partial charge in [0.05, 0.1) is 0 Å². The molecule has 4 amide bonds. The molecule has 0 saturated carbocycles. The molecule has 260 valence electrons. The van der Waals surface area contributed by atoms with Gasteiger partial charge in [-0.15, -0.1) is 0 Å². The smallest absolute Gasteiger partial charge is 0.258 e. The number of benzene rings is 5. The number of hydrogen-bond donors (Lipinski definition) is 2. The fourth-order valence-corrected chi connectivity index (χ4v) is 9.13. The number of unbranched alkanes of at least 4 members (excludes halogenated alkanes) is 2. The number of carbonyl (C=O) groups is 4. The highest BCUT2D eigenvalue weighted by molar-refractivity contribution is 6.42. The quantitative estimate of drug-likeness (QED) is 0.0621. The van der Waals surface area contributed by atoms with Crippen LogP contribution in [0.4, 0.5) is 0 Å². The molecular formula is C44H50N2O4. The molecule has 0 spiro atoms. The Balaban J connectivity index is 1.49. The van der Waals surface area contributed by atoms with Crippen molar-refractivity contribution >= 4 is 66.7 Å². The molecule has 2 unspecified atom stereocenters. The Kier molecular flexibility index (Phi) is 9.65. The van der Waals surface area contributed by atoms with Crippen LogP contribution in [-0.4, -0.2) is 23.6 Å². The molecule has 2 heterocycles. The van der Waals surface area contributed by atoms with Gasteiger partial charge in [-0.3, -0.25) is 29.8 Å². The Morgan fingerprint density at radius 3 is 1.22 bits per heavy atom. The molecule has 0 fully saturated rings. The van der Waals surface area contributed by atoms with Crippen molar-refractivity contribution in [3.05, 3.63) is 69.8 Å². The van der Waals surface area contributed by atoms with Gasteiger partial charge in [-0.1, -0.05) is 104 Å². The maximum absolute atomic E-state index is 13.5. The number of nitrogens with one attached hydrogen (secondary N) is 2. The van der Waals surface area contributed by atoms with Crippen LogP contribution in [0.15, 0.2) is 36.4 Å². The van der Waals surface area contributed by atoms with Crippen molar-refractivity contribution < 1.29 is 19.2 Å². The highest BCUT2D eigenvalue weighted by Gasteiger charge is 2.33. The van der Waals surface area contributed by atoms with Crippen molar-refractivity contribution in [1.82, 2.24) is 10.6 Å². The van der Waals surface area contributed by atoms with Gasteiger partial charge in [-0.05, 0) is 105 Å². The molecule has 2 atom stereocenters. The summed E-state index contributed by atoms with van der Waals surface area (Å²) in [6.07, 6.45) is 15.5. The van der Waals surface area contributed by atoms with E-state index in [4.69, 9.17) is 0 Å². The molecule has 50 heavy (non-hydrogen) atoms. The number of carbonyl (C=O) groups excluding carboxylic acids is 4. The second-order valence-corrected chi connectivity index (χ2v) is 14.9. The molecule has 5 aromatic carbocycles.